The molecule has 0 fully saturated rings. The summed E-state index contributed by atoms with van der Waals surface area (Å²) in [4.78, 5) is 0. The minimum absolute atomic E-state index is 0.764. The minimum atomic E-state index is 0.764. The summed E-state index contributed by atoms with van der Waals surface area (Å²) < 4.78 is 0. The maximum Gasteiger partial charge on any atom is 0.0220 e. The van der Waals surface area contributed by atoms with Crippen molar-refractivity contribution in [2.24, 2.45) is 0 Å². The second kappa shape index (κ2) is 4.25. The molecule has 0 aromatic rings. The zero-order valence-corrected chi connectivity index (χ0v) is 5.72. The number of hydrogen-bond donors (Lipinski definition) is 0. The molecule has 7 heavy (non-hydrogen) atoms. The van der Waals surface area contributed by atoms with Crippen LogP contribution in [0, 0.1) is 0 Å². The van der Waals surface area contributed by atoms with Crippen molar-refractivity contribution in [2.75, 3.05) is 5.75 Å². The summed E-state index contributed by atoms with van der Waals surface area (Å²) in [6.07, 6.45) is 3.21. The molecule has 0 N–H and O–H groups in total. The van der Waals surface area contributed by atoms with E-state index in [9.17, 15) is 0 Å². The Morgan fingerprint density at radius 1 is 1.71 bits per heavy atom. The van der Waals surface area contributed by atoms with Gasteiger partial charge in [0.15, 0.2) is 0 Å². The summed E-state index contributed by atoms with van der Waals surface area (Å²) in [5.41, 5.74) is 1.40. The molecule has 0 unspecified atom stereocenters. The highest BCUT2D eigenvalue weighted by molar-refractivity contribution is 7.80. The molecular weight excluding hydrogens is 104 g/mol. The van der Waals surface area contributed by atoms with Gasteiger partial charge >= 0.3 is 0 Å². The highest BCUT2D eigenvalue weighted by Crippen LogP contribution is 1.96. The van der Waals surface area contributed by atoms with Crippen LogP contribution >= 0.6 is 12.6 Å². The van der Waals surface area contributed by atoms with Crippen molar-refractivity contribution in [2.45, 2.75) is 20.3 Å². The molecule has 0 aromatic heterocycles. The zero-order chi connectivity index (χ0) is 5.70. The maximum atomic E-state index is 4.72. The molecule has 0 aliphatic rings. The van der Waals surface area contributed by atoms with Gasteiger partial charge in [0.25, 0.3) is 0 Å². The third kappa shape index (κ3) is 3.93. The summed E-state index contributed by atoms with van der Waals surface area (Å²) >= 11 is 4.72. The number of allylic oxidation sites excluding steroid dienone is 1. The van der Waals surface area contributed by atoms with E-state index in [-0.39, 0.29) is 0 Å². The van der Waals surface area contributed by atoms with Gasteiger partial charge in [-0.2, -0.15) is 0 Å². The standard InChI is InChI=1S/C6H11S/c1-3-6(2)4-5-7/h4H,3,5H2,1-2H3. The van der Waals surface area contributed by atoms with Gasteiger partial charge in [0.1, 0.15) is 0 Å². The van der Waals surface area contributed by atoms with Crippen LogP contribution < -0.4 is 0 Å². The largest absolute Gasteiger partial charge is 0.0897 e. The lowest BCUT2D eigenvalue weighted by atomic mass is 10.2. The van der Waals surface area contributed by atoms with Crippen molar-refractivity contribution in [3.63, 3.8) is 0 Å². The second-order valence-corrected chi connectivity index (χ2v) is 1.90. The van der Waals surface area contributed by atoms with Crippen molar-refractivity contribution < 1.29 is 0 Å². The molecule has 0 nitrogen and oxygen atoms in total. The Hall–Kier alpha value is 0.0900. The van der Waals surface area contributed by atoms with Gasteiger partial charge in [-0.1, -0.05) is 31.2 Å². The molecule has 0 aromatic carbocycles. The fourth-order valence-corrected chi connectivity index (χ4v) is 0.571. The van der Waals surface area contributed by atoms with Crippen LogP contribution in [-0.4, -0.2) is 5.75 Å². The molecule has 41 valence electrons. The van der Waals surface area contributed by atoms with Gasteiger partial charge < -0.3 is 0 Å². The summed E-state index contributed by atoms with van der Waals surface area (Å²) in [6, 6.07) is 0. The Labute approximate surface area is 51.0 Å². The smallest absolute Gasteiger partial charge is 0.0220 e. The fourth-order valence-electron chi connectivity index (χ4n) is 0.287. The number of rotatable bonds is 2. The molecule has 0 bridgehead atoms. The minimum Gasteiger partial charge on any atom is -0.0897 e. The lowest BCUT2D eigenvalue weighted by Gasteiger charge is -1.87. The van der Waals surface area contributed by atoms with Crippen LogP contribution in [0.15, 0.2) is 11.6 Å². The van der Waals surface area contributed by atoms with E-state index in [2.05, 4.69) is 19.9 Å². The van der Waals surface area contributed by atoms with Crippen LogP contribution in [0.3, 0.4) is 0 Å². The van der Waals surface area contributed by atoms with E-state index in [1.165, 1.54) is 5.57 Å². The molecule has 0 saturated heterocycles. The van der Waals surface area contributed by atoms with E-state index in [0.29, 0.717) is 0 Å². The monoisotopic (exact) mass is 115 g/mol. The molecule has 0 amide bonds. The molecule has 0 aliphatic heterocycles. The Kier molecular flexibility index (Phi) is 4.31. The van der Waals surface area contributed by atoms with Crippen molar-refractivity contribution in [1.82, 2.24) is 0 Å². The van der Waals surface area contributed by atoms with Crippen LogP contribution in [0.4, 0.5) is 0 Å². The maximum absolute atomic E-state index is 4.72. The van der Waals surface area contributed by atoms with E-state index in [1.807, 2.05) is 0 Å². The lowest BCUT2D eigenvalue weighted by Crippen LogP contribution is -1.70. The Bertz CT molecular complexity index is 64.6. The van der Waals surface area contributed by atoms with Crippen LogP contribution in [0.25, 0.3) is 0 Å². The Balaban J connectivity index is 3.29. The second-order valence-electron chi connectivity index (χ2n) is 1.57. The molecule has 0 rings (SSSR count). The predicted octanol–water partition coefficient (Wildman–Crippen LogP) is 2.54. The molecule has 0 aliphatic carbocycles. The third-order valence-corrected chi connectivity index (χ3v) is 1.16. The first kappa shape index (κ1) is 7.09. The Morgan fingerprint density at radius 2 is 2.29 bits per heavy atom. The molecule has 1 radical (unpaired) electrons. The van der Waals surface area contributed by atoms with Crippen molar-refractivity contribution in [3.05, 3.63) is 11.6 Å². The molecular formula is C6H11S. The summed E-state index contributed by atoms with van der Waals surface area (Å²) in [6.45, 7) is 4.24. The quantitative estimate of drug-likeness (QED) is 0.485. The van der Waals surface area contributed by atoms with Gasteiger partial charge in [0, 0.05) is 5.75 Å². The Morgan fingerprint density at radius 3 is 2.43 bits per heavy atom. The van der Waals surface area contributed by atoms with Crippen molar-refractivity contribution >= 4 is 12.6 Å². The van der Waals surface area contributed by atoms with Gasteiger partial charge in [0.05, 0.1) is 0 Å². The highest BCUT2D eigenvalue weighted by Gasteiger charge is 1.77. The van der Waals surface area contributed by atoms with E-state index in [1.54, 1.807) is 0 Å². The number of hydrogen-bond acceptors (Lipinski definition) is 0. The molecule has 0 atom stereocenters. The first-order valence-corrected chi connectivity index (χ1v) is 3.12. The lowest BCUT2D eigenvalue weighted by molar-refractivity contribution is 1.09. The topological polar surface area (TPSA) is 0 Å². The predicted molar refractivity (Wildman–Crippen MR) is 36.5 cm³/mol. The first-order valence-electron chi connectivity index (χ1n) is 2.55. The normalized spacial score (nSPS) is 12.1. The van der Waals surface area contributed by atoms with Crippen LogP contribution in [0.1, 0.15) is 20.3 Å². The van der Waals surface area contributed by atoms with Gasteiger partial charge in [-0.3, -0.25) is 0 Å². The SMILES string of the molecule is CCC(C)=CC[S]. The first-order chi connectivity index (χ1) is 3.31. The average Bonchev–Trinajstić information content (AvgIpc) is 1.68. The molecule has 0 heterocycles. The third-order valence-electron chi connectivity index (χ3n) is 0.989. The fraction of sp³-hybridized carbons (Fsp3) is 0.667. The van der Waals surface area contributed by atoms with Crippen LogP contribution in [0.5, 0.6) is 0 Å². The summed E-state index contributed by atoms with van der Waals surface area (Å²) in [7, 11) is 0. The molecule has 0 spiro atoms. The average molecular weight is 115 g/mol. The van der Waals surface area contributed by atoms with Gasteiger partial charge in [0.2, 0.25) is 0 Å². The highest BCUT2D eigenvalue weighted by atomic mass is 32.1. The van der Waals surface area contributed by atoms with Crippen LogP contribution in [0.2, 0.25) is 0 Å². The summed E-state index contributed by atoms with van der Waals surface area (Å²) in [5.74, 6) is 0.764. The van der Waals surface area contributed by atoms with Gasteiger partial charge in [-0.15, -0.1) is 0 Å². The van der Waals surface area contributed by atoms with E-state index in [4.69, 9.17) is 12.6 Å². The van der Waals surface area contributed by atoms with Gasteiger partial charge in [-0.25, -0.2) is 0 Å². The van der Waals surface area contributed by atoms with Crippen molar-refractivity contribution in [3.8, 4) is 0 Å². The van der Waals surface area contributed by atoms with E-state index < -0.39 is 0 Å². The zero-order valence-electron chi connectivity index (χ0n) is 4.90. The summed E-state index contributed by atoms with van der Waals surface area (Å²) in [5, 5.41) is 0. The molecule has 0 saturated carbocycles. The van der Waals surface area contributed by atoms with E-state index >= 15 is 0 Å². The van der Waals surface area contributed by atoms with Crippen molar-refractivity contribution in [1.29, 1.82) is 0 Å². The van der Waals surface area contributed by atoms with Gasteiger partial charge in [-0.05, 0) is 13.3 Å². The molecule has 1 heteroatoms. The van der Waals surface area contributed by atoms with Crippen LogP contribution in [-0.2, 0) is 0 Å². The van der Waals surface area contributed by atoms with E-state index in [0.717, 1.165) is 12.2 Å².